The first-order chi connectivity index (χ1) is 12.7. The summed E-state index contributed by atoms with van der Waals surface area (Å²) in [6.45, 7) is 5.51. The van der Waals surface area contributed by atoms with Crippen LogP contribution in [-0.2, 0) is 0 Å². The highest BCUT2D eigenvalue weighted by Gasteiger charge is 2.25. The Morgan fingerprint density at radius 3 is 2.69 bits per heavy atom. The molecule has 0 N–H and O–H groups in total. The molecule has 0 spiro atoms. The fourth-order valence-electron chi connectivity index (χ4n) is 3.00. The first kappa shape index (κ1) is 17.6. The Balaban J connectivity index is 1.47. The molecule has 0 radical (unpaired) electrons. The number of anilines is 1. The zero-order valence-electron chi connectivity index (χ0n) is 14.3. The minimum atomic E-state index is 0.0597. The van der Waals surface area contributed by atoms with Crippen LogP contribution in [-0.4, -0.2) is 48.6 Å². The highest BCUT2D eigenvalue weighted by Crippen LogP contribution is 2.34. The van der Waals surface area contributed by atoms with E-state index >= 15 is 0 Å². The lowest BCUT2D eigenvalue weighted by atomic mass is 10.3. The molecule has 3 aromatic rings. The average Bonchev–Trinajstić information content (AvgIpc) is 3.28. The van der Waals surface area contributed by atoms with Crippen LogP contribution in [0.3, 0.4) is 0 Å². The predicted molar refractivity (Wildman–Crippen MR) is 108 cm³/mol. The molecule has 0 bridgehead atoms. The second kappa shape index (κ2) is 7.42. The lowest BCUT2D eigenvalue weighted by Gasteiger charge is -2.34. The van der Waals surface area contributed by atoms with E-state index in [1.54, 1.807) is 23.5 Å². The number of thiophene rings is 1. The molecule has 1 fully saturated rings. The third-order valence-corrected chi connectivity index (χ3v) is 6.59. The summed E-state index contributed by atoms with van der Waals surface area (Å²) in [7, 11) is 0. The molecule has 0 aliphatic carbocycles. The molecule has 8 heteroatoms. The summed E-state index contributed by atoms with van der Waals surface area (Å²) < 4.78 is 7.45. The van der Waals surface area contributed by atoms with Gasteiger partial charge in [-0.25, -0.2) is 4.98 Å². The maximum absolute atomic E-state index is 12.5. The second-order valence-corrected chi connectivity index (χ2v) is 8.64. The molecule has 1 amide bonds. The van der Waals surface area contributed by atoms with Gasteiger partial charge >= 0.3 is 0 Å². The number of hydrogen-bond donors (Lipinski definition) is 0. The van der Waals surface area contributed by atoms with Crippen molar-refractivity contribution >= 4 is 55.5 Å². The number of ether oxygens (including phenoxy) is 1. The number of thiazole rings is 1. The van der Waals surface area contributed by atoms with Gasteiger partial charge in [-0.05, 0) is 31.2 Å². The summed E-state index contributed by atoms with van der Waals surface area (Å²) in [6, 6.07) is 9.59. The molecule has 1 aliphatic heterocycles. The number of benzene rings is 1. The average molecular weight is 408 g/mol. The molecule has 2 aromatic heterocycles. The Bertz CT molecular complexity index is 932. The van der Waals surface area contributed by atoms with Crippen LogP contribution >= 0.6 is 34.3 Å². The normalized spacial score (nSPS) is 14.8. The van der Waals surface area contributed by atoms with Crippen molar-refractivity contribution in [2.75, 3.05) is 37.7 Å². The number of amides is 1. The van der Waals surface area contributed by atoms with Crippen LogP contribution in [0, 0.1) is 0 Å². The van der Waals surface area contributed by atoms with Gasteiger partial charge in [-0.1, -0.05) is 29.0 Å². The van der Waals surface area contributed by atoms with E-state index in [0.29, 0.717) is 28.9 Å². The van der Waals surface area contributed by atoms with Crippen LogP contribution in [0.2, 0.25) is 4.34 Å². The number of aromatic nitrogens is 1. The summed E-state index contributed by atoms with van der Waals surface area (Å²) in [5.41, 5.74) is 0.918. The zero-order valence-corrected chi connectivity index (χ0v) is 16.7. The van der Waals surface area contributed by atoms with E-state index in [0.717, 1.165) is 34.2 Å². The van der Waals surface area contributed by atoms with Crippen molar-refractivity contribution in [2.24, 2.45) is 0 Å². The van der Waals surface area contributed by atoms with Gasteiger partial charge in [-0.2, -0.15) is 0 Å². The number of fused-ring (bicyclic) bond motifs is 1. The van der Waals surface area contributed by atoms with Crippen molar-refractivity contribution in [3.8, 4) is 5.75 Å². The van der Waals surface area contributed by atoms with Crippen molar-refractivity contribution in [1.29, 1.82) is 0 Å². The van der Waals surface area contributed by atoms with Crippen LogP contribution < -0.4 is 9.64 Å². The summed E-state index contributed by atoms with van der Waals surface area (Å²) in [5, 5.41) is 0.985. The van der Waals surface area contributed by atoms with Crippen molar-refractivity contribution in [2.45, 2.75) is 6.92 Å². The van der Waals surface area contributed by atoms with Crippen LogP contribution in [0.15, 0.2) is 30.3 Å². The maximum Gasteiger partial charge on any atom is 0.264 e. The molecule has 4 rings (SSSR count). The Morgan fingerprint density at radius 1 is 1.19 bits per heavy atom. The molecule has 26 heavy (non-hydrogen) atoms. The molecule has 3 heterocycles. The van der Waals surface area contributed by atoms with E-state index in [1.165, 1.54) is 11.3 Å². The van der Waals surface area contributed by atoms with E-state index in [1.807, 2.05) is 24.0 Å². The number of rotatable bonds is 4. The molecule has 1 aromatic carbocycles. The molecule has 1 saturated heterocycles. The topological polar surface area (TPSA) is 45.7 Å². The molecular formula is C18H18ClN3O2S2. The van der Waals surface area contributed by atoms with Crippen LogP contribution in [0.25, 0.3) is 10.2 Å². The van der Waals surface area contributed by atoms with Gasteiger partial charge in [0.2, 0.25) is 0 Å². The fourth-order valence-corrected chi connectivity index (χ4v) is 5.05. The van der Waals surface area contributed by atoms with Crippen LogP contribution in [0.1, 0.15) is 16.6 Å². The summed E-state index contributed by atoms with van der Waals surface area (Å²) in [5.74, 6) is 0.889. The number of halogens is 1. The Morgan fingerprint density at radius 2 is 2.00 bits per heavy atom. The van der Waals surface area contributed by atoms with E-state index < -0.39 is 0 Å². The lowest BCUT2D eigenvalue weighted by molar-refractivity contribution is 0.0751. The SMILES string of the molecule is CCOc1cccc2sc(N3CCN(C(=O)c4ccc(Cl)s4)CC3)nc12. The van der Waals surface area contributed by atoms with Crippen LogP contribution in [0.5, 0.6) is 5.75 Å². The lowest BCUT2D eigenvalue weighted by Crippen LogP contribution is -2.48. The Labute approximate surface area is 164 Å². The molecule has 1 aliphatic rings. The highest BCUT2D eigenvalue weighted by molar-refractivity contribution is 7.22. The molecule has 0 saturated carbocycles. The number of piperazine rings is 1. The second-order valence-electron chi connectivity index (χ2n) is 5.92. The van der Waals surface area contributed by atoms with Gasteiger partial charge in [0, 0.05) is 26.2 Å². The van der Waals surface area contributed by atoms with Gasteiger partial charge in [0.05, 0.1) is 20.5 Å². The Hall–Kier alpha value is -1.83. The van der Waals surface area contributed by atoms with Crippen molar-refractivity contribution in [3.05, 3.63) is 39.5 Å². The maximum atomic E-state index is 12.5. The monoisotopic (exact) mass is 407 g/mol. The first-order valence-corrected chi connectivity index (χ1v) is 10.5. The minimum Gasteiger partial charge on any atom is -0.492 e. The van der Waals surface area contributed by atoms with Gasteiger partial charge in [-0.3, -0.25) is 4.79 Å². The van der Waals surface area contributed by atoms with E-state index in [4.69, 9.17) is 21.3 Å². The summed E-state index contributed by atoms with van der Waals surface area (Å²) >= 11 is 8.94. The number of carbonyl (C=O) groups excluding carboxylic acids is 1. The zero-order chi connectivity index (χ0) is 18.1. The standard InChI is InChI=1S/C18H18ClN3O2S2/c1-2-24-12-4-3-5-13-16(12)20-18(26-13)22-10-8-21(9-11-22)17(23)14-6-7-15(19)25-14/h3-7H,2,8-11H2,1H3. The quantitative estimate of drug-likeness (QED) is 0.644. The predicted octanol–water partition coefficient (Wildman–Crippen LogP) is 4.37. The van der Waals surface area contributed by atoms with Crippen molar-refractivity contribution in [3.63, 3.8) is 0 Å². The third kappa shape index (κ3) is 3.39. The molecule has 136 valence electrons. The van der Waals surface area contributed by atoms with Gasteiger partial charge in [0.25, 0.3) is 5.91 Å². The number of nitrogens with zero attached hydrogens (tertiary/aromatic N) is 3. The summed E-state index contributed by atoms with van der Waals surface area (Å²) in [6.07, 6.45) is 0. The first-order valence-electron chi connectivity index (χ1n) is 8.47. The van der Waals surface area contributed by atoms with E-state index in [9.17, 15) is 4.79 Å². The van der Waals surface area contributed by atoms with E-state index in [2.05, 4.69) is 11.0 Å². The van der Waals surface area contributed by atoms with Crippen molar-refractivity contribution in [1.82, 2.24) is 9.88 Å². The van der Waals surface area contributed by atoms with Crippen molar-refractivity contribution < 1.29 is 9.53 Å². The van der Waals surface area contributed by atoms with Gasteiger partial charge < -0.3 is 14.5 Å². The van der Waals surface area contributed by atoms with Gasteiger partial charge in [0.1, 0.15) is 11.3 Å². The largest absolute Gasteiger partial charge is 0.492 e. The molecular weight excluding hydrogens is 390 g/mol. The number of hydrogen-bond acceptors (Lipinski definition) is 6. The minimum absolute atomic E-state index is 0.0597. The number of para-hydroxylation sites is 1. The molecule has 0 atom stereocenters. The molecule has 5 nitrogen and oxygen atoms in total. The van der Waals surface area contributed by atoms with Gasteiger partial charge in [-0.15, -0.1) is 11.3 Å². The third-order valence-electron chi connectivity index (χ3n) is 4.29. The smallest absolute Gasteiger partial charge is 0.264 e. The van der Waals surface area contributed by atoms with E-state index in [-0.39, 0.29) is 5.91 Å². The van der Waals surface area contributed by atoms with Crippen LogP contribution in [0.4, 0.5) is 5.13 Å². The Kier molecular flexibility index (Phi) is 5.02. The highest BCUT2D eigenvalue weighted by atomic mass is 35.5. The summed E-state index contributed by atoms with van der Waals surface area (Å²) in [4.78, 5) is 22.2. The van der Waals surface area contributed by atoms with Gasteiger partial charge in [0.15, 0.2) is 5.13 Å². The number of carbonyl (C=O) groups is 1. The fraction of sp³-hybridized carbons (Fsp3) is 0.333. The molecule has 0 unspecified atom stereocenters.